The number of sulfone groups is 1. The summed E-state index contributed by atoms with van der Waals surface area (Å²) in [6.07, 6.45) is 1.86. The minimum Gasteiger partial charge on any atom is -0.486 e. The number of nitrogens with zero attached hydrogens (tertiary/aromatic N) is 4. The number of amides is 1. The average Bonchev–Trinajstić information content (AvgIpc) is 3.40. The maximum Gasteiger partial charge on any atom is 0.242 e. The van der Waals surface area contributed by atoms with Crippen molar-refractivity contribution in [2.24, 2.45) is 0 Å². The molecule has 0 spiro atoms. The molecule has 1 aromatic heterocycles. The molecule has 1 fully saturated rings. The fourth-order valence-electron chi connectivity index (χ4n) is 2.74. The van der Waals surface area contributed by atoms with Gasteiger partial charge in [0, 0.05) is 11.8 Å². The minimum atomic E-state index is -3.78. The summed E-state index contributed by atoms with van der Waals surface area (Å²) in [6, 6.07) is 5.08. The normalized spacial score (nSPS) is 17.4. The second-order valence-electron chi connectivity index (χ2n) is 6.57. The minimum absolute atomic E-state index is 0.159. The molecule has 27 heavy (non-hydrogen) atoms. The summed E-state index contributed by atoms with van der Waals surface area (Å²) in [4.78, 5) is 12.5. The summed E-state index contributed by atoms with van der Waals surface area (Å²) < 4.78 is 37.7. The molecule has 1 N–H and O–H groups in total. The number of fused-ring (bicyclic) bond motifs is 1. The van der Waals surface area contributed by atoms with Gasteiger partial charge in [0.1, 0.15) is 24.2 Å². The van der Waals surface area contributed by atoms with Gasteiger partial charge in [-0.3, -0.25) is 4.79 Å². The van der Waals surface area contributed by atoms with Crippen LogP contribution < -0.4 is 14.8 Å². The Balaban J connectivity index is 1.45. The Morgan fingerprint density at radius 3 is 2.78 bits per heavy atom. The van der Waals surface area contributed by atoms with Crippen LogP contribution in [0.2, 0.25) is 0 Å². The van der Waals surface area contributed by atoms with Crippen LogP contribution in [0.3, 0.4) is 0 Å². The van der Waals surface area contributed by atoms with Gasteiger partial charge in [-0.15, -0.1) is 5.10 Å². The number of carbonyl (C=O) groups is 1. The number of rotatable bonds is 6. The Morgan fingerprint density at radius 1 is 1.30 bits per heavy atom. The number of ether oxygens (including phenoxy) is 2. The van der Waals surface area contributed by atoms with Gasteiger partial charge in [-0.2, -0.15) is 0 Å². The van der Waals surface area contributed by atoms with Crippen molar-refractivity contribution in [3.05, 3.63) is 24.0 Å². The number of anilines is 1. The van der Waals surface area contributed by atoms with E-state index in [0.29, 0.717) is 30.4 Å². The first-order valence-electron chi connectivity index (χ1n) is 8.63. The molecule has 0 saturated heterocycles. The van der Waals surface area contributed by atoms with Gasteiger partial charge in [0.2, 0.25) is 5.91 Å². The molecule has 0 bridgehead atoms. The van der Waals surface area contributed by atoms with E-state index in [1.165, 1.54) is 11.6 Å². The predicted molar refractivity (Wildman–Crippen MR) is 94.2 cm³/mol. The highest BCUT2D eigenvalue weighted by Crippen LogP contribution is 2.35. The topological polar surface area (TPSA) is 125 Å². The molecule has 2 aromatic rings. The number of benzene rings is 1. The van der Waals surface area contributed by atoms with Gasteiger partial charge in [0.05, 0.1) is 6.04 Å². The van der Waals surface area contributed by atoms with Crippen molar-refractivity contribution in [3.63, 3.8) is 0 Å². The van der Waals surface area contributed by atoms with Gasteiger partial charge < -0.3 is 14.8 Å². The molecular weight excluding hydrogens is 374 g/mol. The number of carbonyl (C=O) groups excluding carboxylic acids is 1. The van der Waals surface area contributed by atoms with Crippen LogP contribution in [0.15, 0.2) is 18.2 Å². The summed E-state index contributed by atoms with van der Waals surface area (Å²) in [5.41, 5.74) is 0.439. The first-order chi connectivity index (χ1) is 12.9. The Bertz CT molecular complexity index is 969. The van der Waals surface area contributed by atoms with E-state index in [4.69, 9.17) is 9.47 Å². The molecule has 1 amide bonds. The Hall–Kier alpha value is -2.69. The van der Waals surface area contributed by atoms with Crippen LogP contribution >= 0.6 is 0 Å². The maximum absolute atomic E-state index is 12.6. The van der Waals surface area contributed by atoms with E-state index in [9.17, 15) is 13.2 Å². The molecule has 1 atom stereocenters. The van der Waals surface area contributed by atoms with E-state index >= 15 is 0 Å². The second-order valence-corrected chi connectivity index (χ2v) is 8.89. The summed E-state index contributed by atoms with van der Waals surface area (Å²) >= 11 is 0. The maximum atomic E-state index is 12.6. The van der Waals surface area contributed by atoms with Crippen molar-refractivity contribution < 1.29 is 22.7 Å². The lowest BCUT2D eigenvalue weighted by atomic mass is 10.2. The number of hydrogen-bond donors (Lipinski definition) is 1. The third-order valence-electron chi connectivity index (χ3n) is 4.50. The number of nitrogens with one attached hydrogen (secondary N) is 1. The molecule has 144 valence electrons. The standard InChI is InChI=1S/C16H19N5O5S/c1-10(27(23,24)9-15-18-19-20-21(15)12-3-4-12)16(22)17-11-2-5-13-14(8-11)26-7-6-25-13/h2,5,8,10,12H,3-4,6-7,9H2,1H3,(H,17,22). The van der Waals surface area contributed by atoms with Crippen molar-refractivity contribution in [2.45, 2.75) is 36.8 Å². The van der Waals surface area contributed by atoms with E-state index in [1.54, 1.807) is 18.2 Å². The van der Waals surface area contributed by atoms with Gasteiger partial charge in [-0.25, -0.2) is 13.1 Å². The molecule has 1 aliphatic carbocycles. The highest BCUT2D eigenvalue weighted by Gasteiger charge is 2.33. The molecular formula is C16H19N5O5S. The fourth-order valence-corrected chi connectivity index (χ4v) is 3.93. The average molecular weight is 393 g/mol. The highest BCUT2D eigenvalue weighted by molar-refractivity contribution is 7.92. The lowest BCUT2D eigenvalue weighted by molar-refractivity contribution is -0.115. The van der Waals surface area contributed by atoms with Crippen molar-refractivity contribution in [3.8, 4) is 11.5 Å². The van der Waals surface area contributed by atoms with Gasteiger partial charge in [0.25, 0.3) is 0 Å². The Morgan fingerprint density at radius 2 is 2.04 bits per heavy atom. The second kappa shape index (κ2) is 6.80. The van der Waals surface area contributed by atoms with E-state index in [0.717, 1.165) is 12.8 Å². The largest absolute Gasteiger partial charge is 0.486 e. The number of hydrogen-bond acceptors (Lipinski definition) is 8. The van der Waals surface area contributed by atoms with Crippen molar-refractivity contribution in [2.75, 3.05) is 18.5 Å². The molecule has 1 aromatic carbocycles. The fraction of sp³-hybridized carbons (Fsp3) is 0.500. The van der Waals surface area contributed by atoms with Crippen LogP contribution in [0.4, 0.5) is 5.69 Å². The first-order valence-corrected chi connectivity index (χ1v) is 10.3. The highest BCUT2D eigenvalue weighted by atomic mass is 32.2. The van der Waals surface area contributed by atoms with Crippen LogP contribution in [-0.2, 0) is 20.4 Å². The van der Waals surface area contributed by atoms with E-state index < -0.39 is 21.0 Å². The van der Waals surface area contributed by atoms with E-state index in [1.807, 2.05) is 0 Å². The van der Waals surface area contributed by atoms with E-state index in [2.05, 4.69) is 20.8 Å². The summed E-state index contributed by atoms with van der Waals surface area (Å²) in [5.74, 6) is 0.352. The zero-order valence-corrected chi connectivity index (χ0v) is 15.5. The van der Waals surface area contributed by atoms with Gasteiger partial charge in [-0.05, 0) is 42.3 Å². The van der Waals surface area contributed by atoms with Gasteiger partial charge in [0.15, 0.2) is 27.2 Å². The van der Waals surface area contributed by atoms with Gasteiger partial charge in [-0.1, -0.05) is 0 Å². The van der Waals surface area contributed by atoms with Crippen molar-refractivity contribution in [1.82, 2.24) is 20.2 Å². The molecule has 2 aliphatic rings. The zero-order chi connectivity index (χ0) is 19.0. The Labute approximate surface area is 155 Å². The third kappa shape index (κ3) is 3.72. The third-order valence-corrected chi connectivity index (χ3v) is 6.45. The van der Waals surface area contributed by atoms with Crippen LogP contribution in [0.25, 0.3) is 0 Å². The first kappa shape index (κ1) is 17.7. The Kier molecular flexibility index (Phi) is 4.46. The van der Waals surface area contributed by atoms with Crippen LogP contribution in [0, 0.1) is 0 Å². The monoisotopic (exact) mass is 393 g/mol. The lowest BCUT2D eigenvalue weighted by Crippen LogP contribution is -2.34. The SMILES string of the molecule is CC(C(=O)Nc1ccc2c(c1)OCCO2)S(=O)(=O)Cc1nnnn1C1CC1. The lowest BCUT2D eigenvalue weighted by Gasteiger charge is -2.19. The number of tetrazole rings is 1. The zero-order valence-electron chi connectivity index (χ0n) is 14.7. The van der Waals surface area contributed by atoms with E-state index in [-0.39, 0.29) is 17.6 Å². The summed E-state index contributed by atoms with van der Waals surface area (Å²) in [7, 11) is -3.78. The van der Waals surface area contributed by atoms with Crippen LogP contribution in [-0.4, -0.2) is 53.0 Å². The molecule has 4 rings (SSSR count). The molecule has 1 aliphatic heterocycles. The van der Waals surface area contributed by atoms with Gasteiger partial charge >= 0.3 is 0 Å². The summed E-state index contributed by atoms with van der Waals surface area (Å²) in [5, 5.41) is 12.6. The molecule has 10 nitrogen and oxygen atoms in total. The molecule has 0 radical (unpaired) electrons. The van der Waals surface area contributed by atoms with Crippen molar-refractivity contribution >= 4 is 21.4 Å². The smallest absolute Gasteiger partial charge is 0.242 e. The van der Waals surface area contributed by atoms with Crippen LogP contribution in [0.5, 0.6) is 11.5 Å². The molecule has 1 saturated carbocycles. The summed E-state index contributed by atoms with van der Waals surface area (Å²) in [6.45, 7) is 2.24. The quantitative estimate of drug-likeness (QED) is 0.761. The molecule has 2 heterocycles. The molecule has 11 heteroatoms. The molecule has 1 unspecified atom stereocenters. The predicted octanol–water partition coefficient (Wildman–Crippen LogP) is 0.721. The number of aromatic nitrogens is 4. The van der Waals surface area contributed by atoms with Crippen LogP contribution in [0.1, 0.15) is 31.6 Å². The van der Waals surface area contributed by atoms with Crippen molar-refractivity contribution in [1.29, 1.82) is 0 Å².